The zero-order chi connectivity index (χ0) is 17.3. The number of carbonyl (C=O) groups excluding carboxylic acids is 1. The number of carbonyl (C=O) groups is 1. The van der Waals surface area contributed by atoms with Gasteiger partial charge in [0.15, 0.2) is 0 Å². The van der Waals surface area contributed by atoms with Crippen LogP contribution in [0.5, 0.6) is 0 Å². The van der Waals surface area contributed by atoms with Crippen molar-refractivity contribution in [3.63, 3.8) is 0 Å². The van der Waals surface area contributed by atoms with E-state index in [0.717, 1.165) is 25.7 Å². The molecule has 8 heteroatoms. The number of aromatic nitrogens is 2. The van der Waals surface area contributed by atoms with E-state index in [4.69, 9.17) is 5.73 Å². The average Bonchev–Trinajstić information content (AvgIpc) is 3.04. The summed E-state index contributed by atoms with van der Waals surface area (Å²) in [6.07, 6.45) is 3.89. The summed E-state index contributed by atoms with van der Waals surface area (Å²) in [6, 6.07) is 4.96. The largest absolute Gasteiger partial charge is 0.345 e. The van der Waals surface area contributed by atoms with Gasteiger partial charge in [-0.2, -0.15) is 0 Å². The van der Waals surface area contributed by atoms with E-state index < -0.39 is 11.1 Å². The minimum absolute atomic E-state index is 0. The molecule has 1 aliphatic rings. The van der Waals surface area contributed by atoms with Crippen LogP contribution in [-0.4, -0.2) is 27.5 Å². The highest BCUT2D eigenvalue weighted by molar-refractivity contribution is 5.97. The standard InChI is InChI=1S/C17H22N4O3.ClH/c1-2-21-13-6-5-11(9-12(13)19-15(23)16(21)24)14(22)20-17(10-18)7-3-4-8-17;/h5-6,9H,2-4,7-8,10,18H2,1H3,(H,19,23)(H,20,22);1H. The van der Waals surface area contributed by atoms with E-state index in [1.54, 1.807) is 25.1 Å². The fourth-order valence-electron chi connectivity index (χ4n) is 3.48. The Morgan fingerprint density at radius 2 is 2.00 bits per heavy atom. The molecule has 1 heterocycles. The molecule has 25 heavy (non-hydrogen) atoms. The van der Waals surface area contributed by atoms with Crippen LogP contribution >= 0.6 is 12.4 Å². The second-order valence-corrected chi connectivity index (χ2v) is 6.38. The molecule has 0 bridgehead atoms. The lowest BCUT2D eigenvalue weighted by atomic mass is 9.97. The maximum Gasteiger partial charge on any atom is 0.316 e. The summed E-state index contributed by atoms with van der Waals surface area (Å²) in [7, 11) is 0. The van der Waals surface area contributed by atoms with Crippen LogP contribution in [0.25, 0.3) is 11.0 Å². The minimum atomic E-state index is -0.684. The average molecular weight is 367 g/mol. The van der Waals surface area contributed by atoms with Crippen molar-refractivity contribution in [2.45, 2.75) is 44.7 Å². The number of nitrogens with one attached hydrogen (secondary N) is 2. The van der Waals surface area contributed by atoms with Crippen LogP contribution < -0.4 is 22.2 Å². The van der Waals surface area contributed by atoms with Gasteiger partial charge in [-0.25, -0.2) is 0 Å². The number of rotatable bonds is 4. The molecule has 1 aromatic carbocycles. The molecule has 1 fully saturated rings. The van der Waals surface area contributed by atoms with E-state index in [1.165, 1.54) is 4.57 Å². The number of aromatic amines is 1. The van der Waals surface area contributed by atoms with E-state index in [1.807, 2.05) is 0 Å². The Labute approximate surface area is 151 Å². The van der Waals surface area contributed by atoms with E-state index in [-0.39, 0.29) is 23.9 Å². The zero-order valence-electron chi connectivity index (χ0n) is 14.1. The van der Waals surface area contributed by atoms with Crippen molar-refractivity contribution in [2.75, 3.05) is 6.54 Å². The van der Waals surface area contributed by atoms with Gasteiger partial charge in [-0.1, -0.05) is 12.8 Å². The van der Waals surface area contributed by atoms with Gasteiger partial charge in [-0.15, -0.1) is 12.4 Å². The number of halogens is 1. The molecule has 4 N–H and O–H groups in total. The van der Waals surface area contributed by atoms with Gasteiger partial charge in [0.2, 0.25) is 0 Å². The third kappa shape index (κ3) is 3.48. The highest BCUT2D eigenvalue weighted by Gasteiger charge is 2.34. The van der Waals surface area contributed by atoms with Gasteiger partial charge in [0.25, 0.3) is 5.91 Å². The molecule has 7 nitrogen and oxygen atoms in total. The molecule has 1 aromatic heterocycles. The molecule has 3 rings (SSSR count). The summed E-state index contributed by atoms with van der Waals surface area (Å²) in [5, 5.41) is 3.05. The molecule has 0 saturated heterocycles. The quantitative estimate of drug-likeness (QED) is 0.704. The van der Waals surface area contributed by atoms with Gasteiger partial charge in [0.05, 0.1) is 16.6 Å². The Kier molecular flexibility index (Phi) is 5.69. The van der Waals surface area contributed by atoms with Crippen molar-refractivity contribution in [3.8, 4) is 0 Å². The first kappa shape index (κ1) is 19.2. The summed E-state index contributed by atoms with van der Waals surface area (Å²) in [6.45, 7) is 2.60. The number of hydrogen-bond acceptors (Lipinski definition) is 4. The minimum Gasteiger partial charge on any atom is -0.345 e. The lowest BCUT2D eigenvalue weighted by Crippen LogP contribution is -2.51. The third-order valence-electron chi connectivity index (χ3n) is 4.88. The number of fused-ring (bicyclic) bond motifs is 1. The summed E-state index contributed by atoms with van der Waals surface area (Å²) in [4.78, 5) is 38.8. The van der Waals surface area contributed by atoms with Crippen LogP contribution in [0, 0.1) is 0 Å². The fraction of sp³-hybridized carbons (Fsp3) is 0.471. The Hall–Kier alpha value is -2.12. The summed E-state index contributed by atoms with van der Waals surface area (Å²) in [5.41, 5.74) is 5.78. The molecular weight excluding hydrogens is 344 g/mol. The Morgan fingerprint density at radius 1 is 1.32 bits per heavy atom. The molecular formula is C17H23ClN4O3. The fourth-order valence-corrected chi connectivity index (χ4v) is 3.48. The number of nitrogens with two attached hydrogens (primary N) is 1. The number of benzene rings is 1. The number of aryl methyl sites for hydroxylation is 1. The van der Waals surface area contributed by atoms with Crippen LogP contribution in [-0.2, 0) is 6.54 Å². The second-order valence-electron chi connectivity index (χ2n) is 6.38. The normalized spacial score (nSPS) is 15.8. The summed E-state index contributed by atoms with van der Waals surface area (Å²) in [5.74, 6) is -0.209. The Bertz CT molecular complexity index is 897. The molecule has 0 aliphatic heterocycles. The van der Waals surface area contributed by atoms with Crippen LogP contribution in [0.1, 0.15) is 43.0 Å². The molecule has 0 atom stereocenters. The van der Waals surface area contributed by atoms with E-state index in [0.29, 0.717) is 29.7 Å². The zero-order valence-corrected chi connectivity index (χ0v) is 14.9. The van der Waals surface area contributed by atoms with Crippen molar-refractivity contribution in [1.29, 1.82) is 0 Å². The predicted molar refractivity (Wildman–Crippen MR) is 99.5 cm³/mol. The van der Waals surface area contributed by atoms with Gasteiger partial charge in [-0.05, 0) is 38.0 Å². The Balaban J connectivity index is 0.00000225. The van der Waals surface area contributed by atoms with Crippen molar-refractivity contribution < 1.29 is 4.79 Å². The summed E-state index contributed by atoms with van der Waals surface area (Å²) < 4.78 is 1.40. The smallest absolute Gasteiger partial charge is 0.316 e. The number of amides is 1. The molecule has 0 radical (unpaired) electrons. The molecule has 1 saturated carbocycles. The number of H-pyrrole nitrogens is 1. The van der Waals surface area contributed by atoms with Crippen LogP contribution in [0.2, 0.25) is 0 Å². The van der Waals surface area contributed by atoms with Crippen molar-refractivity contribution in [3.05, 3.63) is 44.5 Å². The van der Waals surface area contributed by atoms with Gasteiger partial charge < -0.3 is 20.6 Å². The van der Waals surface area contributed by atoms with Crippen molar-refractivity contribution in [1.82, 2.24) is 14.9 Å². The van der Waals surface area contributed by atoms with Crippen LogP contribution in [0.15, 0.2) is 27.8 Å². The van der Waals surface area contributed by atoms with E-state index in [2.05, 4.69) is 10.3 Å². The highest BCUT2D eigenvalue weighted by Crippen LogP contribution is 2.29. The first-order valence-electron chi connectivity index (χ1n) is 8.29. The SMILES string of the molecule is CCn1c(=O)c(=O)[nH]c2cc(C(=O)NC3(CN)CCCC3)ccc21.Cl. The molecule has 0 spiro atoms. The van der Waals surface area contributed by atoms with Crippen LogP contribution in [0.4, 0.5) is 0 Å². The third-order valence-corrected chi connectivity index (χ3v) is 4.88. The predicted octanol–water partition coefficient (Wildman–Crippen LogP) is 1.13. The van der Waals surface area contributed by atoms with Crippen LogP contribution in [0.3, 0.4) is 0 Å². The van der Waals surface area contributed by atoms with E-state index in [9.17, 15) is 14.4 Å². The van der Waals surface area contributed by atoms with Gasteiger partial charge in [0.1, 0.15) is 0 Å². The maximum absolute atomic E-state index is 12.6. The summed E-state index contributed by atoms with van der Waals surface area (Å²) >= 11 is 0. The Morgan fingerprint density at radius 3 is 2.60 bits per heavy atom. The molecule has 1 aliphatic carbocycles. The lowest BCUT2D eigenvalue weighted by molar-refractivity contribution is 0.0903. The highest BCUT2D eigenvalue weighted by atomic mass is 35.5. The first-order chi connectivity index (χ1) is 11.5. The monoisotopic (exact) mass is 366 g/mol. The van der Waals surface area contributed by atoms with Crippen molar-refractivity contribution in [2.24, 2.45) is 5.73 Å². The maximum atomic E-state index is 12.6. The molecule has 2 aromatic rings. The second kappa shape index (κ2) is 7.41. The lowest BCUT2D eigenvalue weighted by Gasteiger charge is -2.28. The topological polar surface area (TPSA) is 110 Å². The molecule has 136 valence electrons. The van der Waals surface area contributed by atoms with Gasteiger partial charge in [0, 0.05) is 18.7 Å². The number of nitrogens with zero attached hydrogens (tertiary/aromatic N) is 1. The van der Waals surface area contributed by atoms with Gasteiger partial charge in [-0.3, -0.25) is 14.4 Å². The molecule has 0 unspecified atom stereocenters. The number of hydrogen-bond donors (Lipinski definition) is 3. The van der Waals surface area contributed by atoms with E-state index >= 15 is 0 Å². The van der Waals surface area contributed by atoms with Crippen molar-refractivity contribution >= 4 is 29.3 Å². The first-order valence-corrected chi connectivity index (χ1v) is 8.29. The molecule has 1 amide bonds. The van der Waals surface area contributed by atoms with Gasteiger partial charge >= 0.3 is 11.1 Å².